The zero-order valence-corrected chi connectivity index (χ0v) is 18.4. The van der Waals surface area contributed by atoms with Crippen molar-refractivity contribution in [3.05, 3.63) is 56.7 Å². The van der Waals surface area contributed by atoms with E-state index >= 15 is 0 Å². The Bertz CT molecular complexity index is 835. The summed E-state index contributed by atoms with van der Waals surface area (Å²) >= 11 is 13.5. The Morgan fingerprint density at radius 1 is 1.25 bits per heavy atom. The summed E-state index contributed by atoms with van der Waals surface area (Å²) in [7, 11) is 0. The summed E-state index contributed by atoms with van der Waals surface area (Å²) in [4.78, 5) is 30.5. The minimum atomic E-state index is -0.156. The van der Waals surface area contributed by atoms with E-state index in [0.29, 0.717) is 11.6 Å². The highest BCUT2D eigenvalue weighted by Gasteiger charge is 2.34. The molecule has 2 heterocycles. The SMILES string of the molecule is CC(C)N(CC(=O)N1CCc2sccc2C1c1ccc(Cl)cc1)C(=O)CCCl. The van der Waals surface area contributed by atoms with Crippen molar-refractivity contribution >= 4 is 46.4 Å². The van der Waals surface area contributed by atoms with Crippen LogP contribution in [0.25, 0.3) is 0 Å². The van der Waals surface area contributed by atoms with Gasteiger partial charge in [-0.05, 0) is 55.0 Å². The van der Waals surface area contributed by atoms with Gasteiger partial charge in [-0.15, -0.1) is 22.9 Å². The molecule has 1 unspecified atom stereocenters. The van der Waals surface area contributed by atoms with Crippen molar-refractivity contribution < 1.29 is 9.59 Å². The topological polar surface area (TPSA) is 40.6 Å². The molecule has 0 N–H and O–H groups in total. The van der Waals surface area contributed by atoms with Crippen LogP contribution >= 0.6 is 34.5 Å². The van der Waals surface area contributed by atoms with Crippen LogP contribution in [0.2, 0.25) is 5.02 Å². The Labute approximate surface area is 180 Å². The van der Waals surface area contributed by atoms with Crippen molar-refractivity contribution in [2.45, 2.75) is 38.8 Å². The number of hydrogen-bond donors (Lipinski definition) is 0. The number of carbonyl (C=O) groups excluding carboxylic acids is 2. The molecular weight excluding hydrogens is 415 g/mol. The number of amides is 2. The van der Waals surface area contributed by atoms with Gasteiger partial charge < -0.3 is 9.80 Å². The van der Waals surface area contributed by atoms with E-state index in [1.165, 1.54) is 4.88 Å². The number of rotatable bonds is 6. The van der Waals surface area contributed by atoms with Crippen LogP contribution in [-0.2, 0) is 16.0 Å². The molecule has 7 heteroatoms. The number of thiophene rings is 1. The van der Waals surface area contributed by atoms with Crippen LogP contribution in [-0.4, -0.2) is 46.6 Å². The van der Waals surface area contributed by atoms with Crippen LogP contribution in [0, 0.1) is 0 Å². The van der Waals surface area contributed by atoms with E-state index in [2.05, 4.69) is 11.4 Å². The molecule has 28 heavy (non-hydrogen) atoms. The molecule has 0 saturated carbocycles. The molecule has 0 saturated heterocycles. The summed E-state index contributed by atoms with van der Waals surface area (Å²) in [5, 5.41) is 2.74. The van der Waals surface area contributed by atoms with Crippen LogP contribution in [0.1, 0.15) is 42.3 Å². The predicted molar refractivity (Wildman–Crippen MR) is 115 cm³/mol. The Morgan fingerprint density at radius 3 is 2.61 bits per heavy atom. The molecule has 0 aliphatic carbocycles. The van der Waals surface area contributed by atoms with E-state index in [9.17, 15) is 9.59 Å². The molecule has 1 aromatic carbocycles. The maximum Gasteiger partial charge on any atom is 0.243 e. The fourth-order valence-electron chi connectivity index (χ4n) is 3.61. The summed E-state index contributed by atoms with van der Waals surface area (Å²) in [6.45, 7) is 4.54. The number of carbonyl (C=O) groups is 2. The minimum absolute atomic E-state index is 0.0478. The first kappa shape index (κ1) is 21.2. The maximum atomic E-state index is 13.3. The molecule has 3 rings (SSSR count). The number of halogens is 2. The van der Waals surface area contributed by atoms with Crippen molar-refractivity contribution in [2.75, 3.05) is 19.0 Å². The standard InChI is InChI=1S/C21H24Cl2N2O2S/c1-14(2)25(19(26)7-10-22)13-20(27)24-11-8-18-17(9-12-28-18)21(24)15-3-5-16(23)6-4-15/h3-6,9,12,14,21H,7-8,10-11,13H2,1-2H3. The lowest BCUT2D eigenvalue weighted by molar-refractivity contribution is -0.143. The van der Waals surface area contributed by atoms with Crippen LogP contribution in [0.3, 0.4) is 0 Å². The lowest BCUT2D eigenvalue weighted by Gasteiger charge is -2.38. The number of alkyl halides is 1. The lowest BCUT2D eigenvalue weighted by atomic mass is 9.93. The first-order valence-electron chi connectivity index (χ1n) is 9.39. The van der Waals surface area contributed by atoms with E-state index in [-0.39, 0.29) is 42.7 Å². The highest BCUT2D eigenvalue weighted by Crippen LogP contribution is 2.38. The van der Waals surface area contributed by atoms with Crippen LogP contribution in [0.4, 0.5) is 0 Å². The fourth-order valence-corrected chi connectivity index (χ4v) is 4.80. The molecule has 150 valence electrons. The van der Waals surface area contributed by atoms with Crippen LogP contribution < -0.4 is 0 Å². The molecule has 2 amide bonds. The van der Waals surface area contributed by atoms with Crippen molar-refractivity contribution in [1.29, 1.82) is 0 Å². The van der Waals surface area contributed by atoms with E-state index < -0.39 is 0 Å². The summed E-state index contributed by atoms with van der Waals surface area (Å²) in [6, 6.07) is 9.53. The van der Waals surface area contributed by atoms with E-state index in [4.69, 9.17) is 23.2 Å². The third-order valence-corrected chi connectivity index (χ3v) is 6.47. The first-order chi connectivity index (χ1) is 13.4. The Morgan fingerprint density at radius 2 is 1.96 bits per heavy atom. The molecule has 0 radical (unpaired) electrons. The monoisotopic (exact) mass is 438 g/mol. The second-order valence-corrected chi connectivity index (χ2v) is 8.96. The summed E-state index contributed by atoms with van der Waals surface area (Å²) in [5.41, 5.74) is 2.19. The largest absolute Gasteiger partial charge is 0.331 e. The highest BCUT2D eigenvalue weighted by molar-refractivity contribution is 7.10. The van der Waals surface area contributed by atoms with Gasteiger partial charge >= 0.3 is 0 Å². The van der Waals surface area contributed by atoms with Crippen molar-refractivity contribution in [2.24, 2.45) is 0 Å². The Kier molecular flexibility index (Phi) is 7.02. The quantitative estimate of drug-likeness (QED) is 0.610. The van der Waals surface area contributed by atoms with Gasteiger partial charge in [0, 0.05) is 34.8 Å². The molecular formula is C21H24Cl2N2O2S. The molecule has 1 aliphatic rings. The number of fused-ring (bicyclic) bond motifs is 1. The first-order valence-corrected chi connectivity index (χ1v) is 11.2. The number of benzene rings is 1. The van der Waals surface area contributed by atoms with Crippen LogP contribution in [0.15, 0.2) is 35.7 Å². The molecule has 0 fully saturated rings. The normalized spacial score (nSPS) is 16.2. The van der Waals surface area contributed by atoms with E-state index in [0.717, 1.165) is 17.5 Å². The molecule has 0 spiro atoms. The van der Waals surface area contributed by atoms with Gasteiger partial charge in [0.1, 0.15) is 6.54 Å². The summed E-state index contributed by atoms with van der Waals surface area (Å²) < 4.78 is 0. The molecule has 1 aromatic heterocycles. The van der Waals surface area contributed by atoms with Crippen LogP contribution in [0.5, 0.6) is 0 Å². The van der Waals surface area contributed by atoms with Gasteiger partial charge in [0.25, 0.3) is 0 Å². The maximum absolute atomic E-state index is 13.3. The van der Waals surface area contributed by atoms with Gasteiger partial charge in [-0.3, -0.25) is 9.59 Å². The zero-order chi connectivity index (χ0) is 20.3. The third kappa shape index (κ3) is 4.53. The van der Waals surface area contributed by atoms with Gasteiger partial charge in [0.2, 0.25) is 11.8 Å². The number of hydrogen-bond acceptors (Lipinski definition) is 3. The summed E-state index contributed by atoms with van der Waals surface area (Å²) in [6.07, 6.45) is 1.07. The van der Waals surface area contributed by atoms with Gasteiger partial charge in [-0.2, -0.15) is 0 Å². The zero-order valence-electron chi connectivity index (χ0n) is 16.0. The minimum Gasteiger partial charge on any atom is -0.331 e. The van der Waals surface area contributed by atoms with E-state index in [1.807, 2.05) is 43.0 Å². The lowest BCUT2D eigenvalue weighted by Crippen LogP contribution is -2.48. The second kappa shape index (κ2) is 9.29. The highest BCUT2D eigenvalue weighted by atomic mass is 35.5. The molecule has 2 aromatic rings. The fraction of sp³-hybridized carbons (Fsp3) is 0.429. The van der Waals surface area contributed by atoms with Gasteiger partial charge in [-0.1, -0.05) is 23.7 Å². The molecule has 1 aliphatic heterocycles. The van der Waals surface area contributed by atoms with Crippen molar-refractivity contribution in [1.82, 2.24) is 9.80 Å². The van der Waals surface area contributed by atoms with Crippen molar-refractivity contribution in [3.8, 4) is 0 Å². The molecule has 0 bridgehead atoms. The van der Waals surface area contributed by atoms with E-state index in [1.54, 1.807) is 16.2 Å². The van der Waals surface area contributed by atoms with Gasteiger partial charge in [-0.25, -0.2) is 0 Å². The average Bonchev–Trinajstić information content (AvgIpc) is 3.14. The number of nitrogens with zero attached hydrogens (tertiary/aromatic N) is 2. The average molecular weight is 439 g/mol. The van der Waals surface area contributed by atoms with Crippen molar-refractivity contribution in [3.63, 3.8) is 0 Å². The summed E-state index contributed by atoms with van der Waals surface area (Å²) in [5.74, 6) is 0.120. The predicted octanol–water partition coefficient (Wildman–Crippen LogP) is 4.74. The molecule has 4 nitrogen and oxygen atoms in total. The third-order valence-electron chi connectivity index (χ3n) is 5.03. The Hall–Kier alpha value is -1.56. The van der Waals surface area contributed by atoms with Gasteiger partial charge in [0.05, 0.1) is 6.04 Å². The Balaban J connectivity index is 1.89. The van der Waals surface area contributed by atoms with Gasteiger partial charge in [0.15, 0.2) is 0 Å². The molecule has 1 atom stereocenters. The second-order valence-electron chi connectivity index (χ2n) is 7.14. The smallest absolute Gasteiger partial charge is 0.243 e.